The lowest BCUT2D eigenvalue weighted by Crippen LogP contribution is -1.82. The van der Waals surface area contributed by atoms with E-state index in [0.717, 1.165) is 0 Å². The van der Waals surface area contributed by atoms with E-state index in [1.807, 2.05) is 0 Å². The summed E-state index contributed by atoms with van der Waals surface area (Å²) in [6.07, 6.45) is 4.56. The molecule has 1 amide bonds. The van der Waals surface area contributed by atoms with Crippen LogP contribution in [0.5, 0.6) is 0 Å². The Bertz CT molecular complexity index is 116. The zero-order chi connectivity index (χ0) is 6.95. The van der Waals surface area contributed by atoms with Gasteiger partial charge >= 0.3 is 0 Å². The van der Waals surface area contributed by atoms with Gasteiger partial charge in [0.1, 0.15) is 19.0 Å². The van der Waals surface area contributed by atoms with Crippen molar-refractivity contribution in [1.29, 1.82) is 0 Å². The molecule has 0 bridgehead atoms. The van der Waals surface area contributed by atoms with E-state index < -0.39 is 0 Å². The zero-order valence-electron chi connectivity index (χ0n) is 4.64. The Labute approximate surface area is 52.0 Å². The van der Waals surface area contributed by atoms with Crippen molar-refractivity contribution in [3.8, 4) is 0 Å². The van der Waals surface area contributed by atoms with Crippen LogP contribution in [0.1, 0.15) is 0 Å². The van der Waals surface area contributed by atoms with Gasteiger partial charge in [-0.3, -0.25) is 4.79 Å². The van der Waals surface area contributed by atoms with E-state index in [4.69, 9.17) is 4.79 Å². The minimum Gasteiger partial charge on any atom is -0.372 e. The predicted molar refractivity (Wildman–Crippen MR) is 30.1 cm³/mol. The molecule has 2 N–H and O–H groups in total. The van der Waals surface area contributed by atoms with Crippen LogP contribution in [0.3, 0.4) is 0 Å². The van der Waals surface area contributed by atoms with Crippen LogP contribution in [-0.4, -0.2) is 21.4 Å². The van der Waals surface area contributed by atoms with Crippen LogP contribution in [0.2, 0.25) is 0 Å². The SMILES string of the molecule is NC=O.c1ncncn1. The van der Waals surface area contributed by atoms with Crippen molar-refractivity contribution in [3.05, 3.63) is 19.0 Å². The summed E-state index contributed by atoms with van der Waals surface area (Å²) < 4.78 is 0. The third kappa shape index (κ3) is 6.48. The highest BCUT2D eigenvalue weighted by Crippen LogP contribution is 1.57. The summed E-state index contributed by atoms with van der Waals surface area (Å²) in [7, 11) is 0. The van der Waals surface area contributed by atoms with Gasteiger partial charge < -0.3 is 5.73 Å². The highest BCUT2D eigenvalue weighted by atomic mass is 16.1. The van der Waals surface area contributed by atoms with Gasteiger partial charge in [0, 0.05) is 0 Å². The quantitative estimate of drug-likeness (QED) is 0.451. The molecule has 0 spiro atoms. The number of aromatic nitrogens is 3. The first-order valence-electron chi connectivity index (χ1n) is 2.12. The molecular weight excluding hydrogens is 120 g/mol. The largest absolute Gasteiger partial charge is 0.372 e. The highest BCUT2D eigenvalue weighted by molar-refractivity contribution is 5.42. The molecule has 0 aliphatic heterocycles. The maximum atomic E-state index is 8.58. The molecule has 0 aromatic carbocycles. The van der Waals surface area contributed by atoms with Gasteiger partial charge in [0.05, 0.1) is 0 Å². The first kappa shape index (κ1) is 7.48. The van der Waals surface area contributed by atoms with Crippen molar-refractivity contribution in [1.82, 2.24) is 15.0 Å². The molecule has 0 aliphatic carbocycles. The molecule has 0 atom stereocenters. The third-order valence-electron chi connectivity index (χ3n) is 0.400. The molecule has 1 aromatic rings. The van der Waals surface area contributed by atoms with Crippen molar-refractivity contribution in [2.75, 3.05) is 0 Å². The number of carbonyl (C=O) groups excluding carboxylic acids is 1. The van der Waals surface area contributed by atoms with Crippen LogP contribution >= 0.6 is 0 Å². The molecule has 48 valence electrons. The van der Waals surface area contributed by atoms with E-state index in [2.05, 4.69) is 20.7 Å². The van der Waals surface area contributed by atoms with Crippen LogP contribution in [0.25, 0.3) is 0 Å². The van der Waals surface area contributed by atoms with Crippen molar-refractivity contribution in [2.24, 2.45) is 5.73 Å². The van der Waals surface area contributed by atoms with E-state index >= 15 is 0 Å². The predicted octanol–water partition coefficient (Wildman–Crippen LogP) is -1.03. The van der Waals surface area contributed by atoms with E-state index in [-0.39, 0.29) is 6.41 Å². The second-order valence-electron chi connectivity index (χ2n) is 0.930. The number of rotatable bonds is 0. The zero-order valence-corrected chi connectivity index (χ0v) is 4.64. The second kappa shape index (κ2) is 6.48. The molecule has 1 aromatic heterocycles. The molecule has 0 saturated heterocycles. The van der Waals surface area contributed by atoms with Gasteiger partial charge in [-0.05, 0) is 0 Å². The van der Waals surface area contributed by atoms with Crippen LogP contribution in [0, 0.1) is 0 Å². The number of hydrogen-bond donors (Lipinski definition) is 1. The molecule has 1 heterocycles. The summed E-state index contributed by atoms with van der Waals surface area (Å²) in [5.41, 5.74) is 4.17. The van der Waals surface area contributed by atoms with Gasteiger partial charge in [-0.15, -0.1) is 0 Å². The van der Waals surface area contributed by atoms with Crippen molar-refractivity contribution in [2.45, 2.75) is 0 Å². The van der Waals surface area contributed by atoms with E-state index in [1.54, 1.807) is 0 Å². The number of nitrogens with zero attached hydrogens (tertiary/aromatic N) is 3. The standard InChI is InChI=1S/C3H3N3.CH3NO/c1-4-2-6-3-5-1;2-1-3/h1-3H;1H,(H2,2,3). The molecule has 0 unspecified atom stereocenters. The van der Waals surface area contributed by atoms with Crippen molar-refractivity contribution >= 4 is 6.41 Å². The molecular formula is C4H6N4O. The fourth-order valence-electron chi connectivity index (χ4n) is 0.205. The summed E-state index contributed by atoms with van der Waals surface area (Å²) in [5.74, 6) is 0. The third-order valence-corrected chi connectivity index (χ3v) is 0.400. The van der Waals surface area contributed by atoms with Crippen LogP contribution in [0.15, 0.2) is 19.0 Å². The lowest BCUT2D eigenvalue weighted by molar-refractivity contribution is -0.106. The summed E-state index contributed by atoms with van der Waals surface area (Å²) in [6.45, 7) is 0. The summed E-state index contributed by atoms with van der Waals surface area (Å²) in [6, 6.07) is 0. The summed E-state index contributed by atoms with van der Waals surface area (Å²) in [5, 5.41) is 0. The minimum absolute atomic E-state index is 0.250. The average molecular weight is 126 g/mol. The topological polar surface area (TPSA) is 81.8 Å². The fraction of sp³-hybridized carbons (Fsp3) is 0. The van der Waals surface area contributed by atoms with Gasteiger partial charge in [0.15, 0.2) is 0 Å². The Morgan fingerprint density at radius 2 is 1.33 bits per heavy atom. The normalized spacial score (nSPS) is 6.67. The Morgan fingerprint density at radius 1 is 1.11 bits per heavy atom. The van der Waals surface area contributed by atoms with Crippen LogP contribution in [0.4, 0.5) is 0 Å². The fourth-order valence-corrected chi connectivity index (χ4v) is 0.205. The van der Waals surface area contributed by atoms with E-state index in [9.17, 15) is 0 Å². The minimum atomic E-state index is 0.250. The second-order valence-corrected chi connectivity index (χ2v) is 0.930. The molecule has 0 radical (unpaired) electrons. The smallest absolute Gasteiger partial charge is 0.204 e. The number of hydrogen-bond acceptors (Lipinski definition) is 4. The van der Waals surface area contributed by atoms with Gasteiger partial charge in [-0.2, -0.15) is 0 Å². The van der Waals surface area contributed by atoms with Crippen LogP contribution in [-0.2, 0) is 4.79 Å². The Morgan fingerprint density at radius 3 is 1.44 bits per heavy atom. The molecule has 0 fully saturated rings. The molecule has 9 heavy (non-hydrogen) atoms. The number of amides is 1. The van der Waals surface area contributed by atoms with Gasteiger partial charge in [0.2, 0.25) is 6.41 Å². The Kier molecular flexibility index (Phi) is 5.39. The van der Waals surface area contributed by atoms with Gasteiger partial charge in [-0.25, -0.2) is 15.0 Å². The van der Waals surface area contributed by atoms with Crippen LogP contribution < -0.4 is 5.73 Å². The van der Waals surface area contributed by atoms with E-state index in [0.29, 0.717) is 0 Å². The molecule has 1 rings (SSSR count). The lowest BCUT2D eigenvalue weighted by atomic mass is 11.1. The first-order chi connectivity index (χ1) is 4.41. The highest BCUT2D eigenvalue weighted by Gasteiger charge is 1.59. The van der Waals surface area contributed by atoms with Crippen molar-refractivity contribution < 1.29 is 4.79 Å². The summed E-state index contributed by atoms with van der Waals surface area (Å²) >= 11 is 0. The maximum absolute atomic E-state index is 8.58. The lowest BCUT2D eigenvalue weighted by Gasteiger charge is -1.69. The number of nitrogens with two attached hydrogens (primary N) is 1. The van der Waals surface area contributed by atoms with E-state index in [1.165, 1.54) is 19.0 Å². The average Bonchev–Trinajstić information content (AvgIpc) is 1.93. The molecule has 0 aliphatic rings. The van der Waals surface area contributed by atoms with Gasteiger partial charge in [-0.1, -0.05) is 0 Å². The first-order valence-corrected chi connectivity index (χ1v) is 2.12. The number of primary amides is 1. The monoisotopic (exact) mass is 126 g/mol. The van der Waals surface area contributed by atoms with Gasteiger partial charge in [0.25, 0.3) is 0 Å². The molecule has 0 saturated carbocycles. The maximum Gasteiger partial charge on any atom is 0.204 e. The summed E-state index contributed by atoms with van der Waals surface area (Å²) in [4.78, 5) is 19.3. The Balaban J connectivity index is 0.000000187. The molecule has 5 nitrogen and oxygen atoms in total. The molecule has 5 heteroatoms. The Hall–Kier alpha value is -1.52. The number of carbonyl (C=O) groups is 1. The van der Waals surface area contributed by atoms with Crippen molar-refractivity contribution in [3.63, 3.8) is 0 Å².